The van der Waals surface area contributed by atoms with E-state index in [2.05, 4.69) is 0 Å². The van der Waals surface area contributed by atoms with Gasteiger partial charge in [0.25, 0.3) is 0 Å². The summed E-state index contributed by atoms with van der Waals surface area (Å²) in [5, 5.41) is 5.16. The Labute approximate surface area is 121 Å². The number of carbonyl (C=O) groups excluding carboxylic acids is 1. The van der Waals surface area contributed by atoms with Gasteiger partial charge in [-0.2, -0.15) is 0 Å². The second kappa shape index (κ2) is 5.28. The molecule has 0 saturated carbocycles. The van der Waals surface area contributed by atoms with Gasteiger partial charge in [0.15, 0.2) is 0 Å². The number of hydrogen-bond donors (Lipinski definition) is 1. The highest BCUT2D eigenvalue weighted by Crippen LogP contribution is 2.25. The van der Waals surface area contributed by atoms with Gasteiger partial charge in [0.2, 0.25) is 15.9 Å². The molecule has 19 heavy (non-hydrogen) atoms. The number of nitrogens with two attached hydrogens (primary N) is 1. The van der Waals surface area contributed by atoms with Crippen molar-refractivity contribution in [1.82, 2.24) is 4.90 Å². The fraction of sp³-hybridized carbons (Fsp3) is 0.364. The van der Waals surface area contributed by atoms with E-state index in [9.17, 15) is 13.2 Å². The van der Waals surface area contributed by atoms with Crippen LogP contribution in [0, 0.1) is 0 Å². The molecule has 0 spiro atoms. The number of hydrogen-bond acceptors (Lipinski definition) is 3. The standard InChI is InChI=1S/C11H12Cl2N2O3S/c12-8-2-1-7(10(13)3-8)5-15-6-9(4-11(15)16)19(14,17)18/h1-3,9H,4-6H2,(H2,14,17,18). The number of rotatable bonds is 3. The van der Waals surface area contributed by atoms with Crippen molar-refractivity contribution in [2.45, 2.75) is 18.2 Å². The molecule has 104 valence electrons. The Bertz CT molecular complexity index is 618. The molecule has 0 radical (unpaired) electrons. The molecule has 1 amide bonds. The third-order valence-electron chi connectivity index (χ3n) is 3.02. The Balaban J connectivity index is 2.14. The summed E-state index contributed by atoms with van der Waals surface area (Å²) in [6, 6.07) is 4.96. The number of halogens is 2. The first-order valence-electron chi connectivity index (χ1n) is 5.50. The Morgan fingerprint density at radius 1 is 1.37 bits per heavy atom. The number of carbonyl (C=O) groups is 1. The lowest BCUT2D eigenvalue weighted by Crippen LogP contribution is -2.31. The molecule has 1 fully saturated rings. The van der Waals surface area contributed by atoms with Gasteiger partial charge >= 0.3 is 0 Å². The molecule has 2 rings (SSSR count). The molecule has 2 N–H and O–H groups in total. The fourth-order valence-electron chi connectivity index (χ4n) is 1.96. The SMILES string of the molecule is NS(=O)(=O)C1CC(=O)N(Cc2ccc(Cl)cc2Cl)C1. The van der Waals surface area contributed by atoms with E-state index in [1.54, 1.807) is 18.2 Å². The normalized spacial score (nSPS) is 20.1. The van der Waals surface area contributed by atoms with Gasteiger partial charge < -0.3 is 4.90 Å². The minimum atomic E-state index is -3.69. The topological polar surface area (TPSA) is 80.5 Å². The van der Waals surface area contributed by atoms with Gasteiger partial charge in [0.05, 0.1) is 0 Å². The number of amides is 1. The van der Waals surface area contributed by atoms with Crippen molar-refractivity contribution >= 4 is 39.1 Å². The molecule has 1 aromatic carbocycles. The minimum absolute atomic E-state index is 0.0793. The van der Waals surface area contributed by atoms with Crippen LogP contribution in [-0.4, -0.2) is 31.0 Å². The van der Waals surface area contributed by atoms with Crippen molar-refractivity contribution in [3.63, 3.8) is 0 Å². The van der Waals surface area contributed by atoms with Crippen molar-refractivity contribution in [2.75, 3.05) is 6.54 Å². The molecule has 0 aliphatic carbocycles. The predicted octanol–water partition coefficient (Wildman–Crippen LogP) is 1.38. The highest BCUT2D eigenvalue weighted by atomic mass is 35.5. The molecule has 0 bridgehead atoms. The van der Waals surface area contributed by atoms with Crippen molar-refractivity contribution in [2.24, 2.45) is 5.14 Å². The van der Waals surface area contributed by atoms with Crippen LogP contribution in [0.4, 0.5) is 0 Å². The average Bonchev–Trinajstić information content (AvgIpc) is 2.64. The summed E-state index contributed by atoms with van der Waals surface area (Å²) in [4.78, 5) is 13.2. The fourth-order valence-corrected chi connectivity index (χ4v) is 3.20. The summed E-state index contributed by atoms with van der Waals surface area (Å²) in [7, 11) is -3.69. The highest BCUT2D eigenvalue weighted by Gasteiger charge is 2.36. The van der Waals surface area contributed by atoms with E-state index in [1.165, 1.54) is 4.90 Å². The third-order valence-corrected chi connectivity index (χ3v) is 4.85. The Kier molecular flexibility index (Phi) is 4.06. The number of likely N-dealkylation sites (tertiary alicyclic amines) is 1. The van der Waals surface area contributed by atoms with Gasteiger partial charge in [-0.15, -0.1) is 0 Å². The van der Waals surface area contributed by atoms with E-state index in [1.807, 2.05) is 0 Å². The largest absolute Gasteiger partial charge is 0.337 e. The first-order chi connectivity index (χ1) is 8.77. The molecule has 1 unspecified atom stereocenters. The lowest BCUT2D eigenvalue weighted by Gasteiger charge is -2.17. The molecular formula is C11H12Cl2N2O3S. The van der Waals surface area contributed by atoms with Gasteiger partial charge in [-0.3, -0.25) is 4.79 Å². The van der Waals surface area contributed by atoms with Gasteiger partial charge in [-0.05, 0) is 17.7 Å². The Morgan fingerprint density at radius 2 is 2.05 bits per heavy atom. The van der Waals surface area contributed by atoms with Gasteiger partial charge in [0, 0.05) is 29.6 Å². The van der Waals surface area contributed by atoms with Crippen molar-refractivity contribution in [1.29, 1.82) is 0 Å². The minimum Gasteiger partial charge on any atom is -0.337 e. The van der Waals surface area contributed by atoms with Crippen molar-refractivity contribution < 1.29 is 13.2 Å². The highest BCUT2D eigenvalue weighted by molar-refractivity contribution is 7.89. The van der Waals surface area contributed by atoms with Crippen LogP contribution in [-0.2, 0) is 21.4 Å². The van der Waals surface area contributed by atoms with Gasteiger partial charge in [-0.25, -0.2) is 13.6 Å². The van der Waals surface area contributed by atoms with E-state index in [-0.39, 0.29) is 25.4 Å². The van der Waals surface area contributed by atoms with Crippen molar-refractivity contribution in [3.8, 4) is 0 Å². The summed E-state index contributed by atoms with van der Waals surface area (Å²) in [5.74, 6) is -0.245. The van der Waals surface area contributed by atoms with E-state index < -0.39 is 15.3 Å². The summed E-state index contributed by atoms with van der Waals surface area (Å²) in [6.07, 6.45) is -0.0793. The molecular weight excluding hydrogens is 311 g/mol. The average molecular weight is 323 g/mol. The van der Waals surface area contributed by atoms with E-state index in [0.29, 0.717) is 10.0 Å². The van der Waals surface area contributed by atoms with Crippen LogP contribution in [0.25, 0.3) is 0 Å². The summed E-state index contributed by atoms with van der Waals surface area (Å²) >= 11 is 11.8. The van der Waals surface area contributed by atoms with Crippen LogP contribution in [0.2, 0.25) is 10.0 Å². The molecule has 1 aliphatic heterocycles. The van der Waals surface area contributed by atoms with Gasteiger partial charge in [0.1, 0.15) is 5.25 Å². The van der Waals surface area contributed by atoms with E-state index in [0.717, 1.165) is 5.56 Å². The molecule has 5 nitrogen and oxygen atoms in total. The maximum Gasteiger partial charge on any atom is 0.224 e. The Hall–Kier alpha value is -0.820. The van der Waals surface area contributed by atoms with Crippen LogP contribution in [0.15, 0.2) is 18.2 Å². The van der Waals surface area contributed by atoms with Crippen molar-refractivity contribution in [3.05, 3.63) is 33.8 Å². The smallest absolute Gasteiger partial charge is 0.224 e. The van der Waals surface area contributed by atoms with Crippen LogP contribution in [0.5, 0.6) is 0 Å². The lowest BCUT2D eigenvalue weighted by molar-refractivity contribution is -0.128. The van der Waals surface area contributed by atoms with Crippen LogP contribution >= 0.6 is 23.2 Å². The molecule has 1 aromatic rings. The maximum atomic E-state index is 11.8. The van der Waals surface area contributed by atoms with Crippen LogP contribution in [0.3, 0.4) is 0 Å². The lowest BCUT2D eigenvalue weighted by atomic mass is 10.2. The third kappa shape index (κ3) is 3.39. The summed E-state index contributed by atoms with van der Waals surface area (Å²) in [6.45, 7) is 0.345. The number of primary sulfonamides is 1. The van der Waals surface area contributed by atoms with Crippen LogP contribution < -0.4 is 5.14 Å². The monoisotopic (exact) mass is 322 g/mol. The quantitative estimate of drug-likeness (QED) is 0.912. The van der Waals surface area contributed by atoms with E-state index >= 15 is 0 Å². The number of sulfonamides is 1. The molecule has 1 heterocycles. The molecule has 8 heteroatoms. The second-order valence-corrected chi connectivity index (χ2v) is 7.11. The predicted molar refractivity (Wildman–Crippen MR) is 73.4 cm³/mol. The maximum absolute atomic E-state index is 11.8. The molecule has 1 aliphatic rings. The zero-order valence-corrected chi connectivity index (χ0v) is 12.2. The number of benzene rings is 1. The molecule has 1 saturated heterocycles. The molecule has 0 aromatic heterocycles. The second-order valence-electron chi connectivity index (χ2n) is 4.43. The number of nitrogens with zero attached hydrogens (tertiary/aromatic N) is 1. The first-order valence-corrected chi connectivity index (χ1v) is 7.87. The Morgan fingerprint density at radius 3 is 2.58 bits per heavy atom. The summed E-state index contributed by atoms with van der Waals surface area (Å²) < 4.78 is 22.5. The van der Waals surface area contributed by atoms with E-state index in [4.69, 9.17) is 28.3 Å². The van der Waals surface area contributed by atoms with Gasteiger partial charge in [-0.1, -0.05) is 29.3 Å². The zero-order valence-electron chi connectivity index (χ0n) is 9.84. The first kappa shape index (κ1) is 14.6. The van der Waals surface area contributed by atoms with Crippen LogP contribution in [0.1, 0.15) is 12.0 Å². The molecule has 1 atom stereocenters. The summed E-state index contributed by atoms with van der Waals surface area (Å²) in [5.41, 5.74) is 0.717. The zero-order chi connectivity index (χ0) is 14.2.